The summed E-state index contributed by atoms with van der Waals surface area (Å²) >= 11 is 0. The lowest BCUT2D eigenvalue weighted by Gasteiger charge is -2.17. The minimum Gasteiger partial charge on any atom is -0.451 e. The summed E-state index contributed by atoms with van der Waals surface area (Å²) in [6.45, 7) is 1.23. The normalized spacial score (nSPS) is 11.6. The highest BCUT2D eigenvalue weighted by atomic mass is 16.5. The summed E-state index contributed by atoms with van der Waals surface area (Å²) in [5.74, 6) is -1.23. The van der Waals surface area contributed by atoms with Crippen LogP contribution in [0.5, 0.6) is 0 Å². The third kappa shape index (κ3) is 5.04. The molecule has 2 amide bonds. The number of hydrogen-bond donors (Lipinski definition) is 1. The van der Waals surface area contributed by atoms with Gasteiger partial charge in [0.15, 0.2) is 6.10 Å². The van der Waals surface area contributed by atoms with Gasteiger partial charge in [-0.2, -0.15) is 0 Å². The highest BCUT2D eigenvalue weighted by Crippen LogP contribution is 2.18. The van der Waals surface area contributed by atoms with E-state index < -0.39 is 12.1 Å². The Balaban J connectivity index is 1.88. The van der Waals surface area contributed by atoms with Crippen LogP contribution in [0.1, 0.15) is 12.5 Å². The summed E-state index contributed by atoms with van der Waals surface area (Å²) in [5, 5.41) is 4.60. The molecular formula is C19H22N2O4. The zero-order valence-electron chi connectivity index (χ0n) is 14.6. The van der Waals surface area contributed by atoms with Gasteiger partial charge in [-0.1, -0.05) is 42.5 Å². The molecule has 2 aromatic carbocycles. The van der Waals surface area contributed by atoms with Gasteiger partial charge in [0.05, 0.1) is 6.42 Å². The van der Waals surface area contributed by atoms with Crippen molar-refractivity contribution in [1.82, 2.24) is 10.2 Å². The van der Waals surface area contributed by atoms with E-state index in [-0.39, 0.29) is 24.8 Å². The summed E-state index contributed by atoms with van der Waals surface area (Å²) in [6, 6.07) is 13.6. The predicted octanol–water partition coefficient (Wildman–Crippen LogP) is 1.52. The van der Waals surface area contributed by atoms with Crippen LogP contribution in [0.4, 0.5) is 0 Å². The maximum absolute atomic E-state index is 12.1. The van der Waals surface area contributed by atoms with Crippen molar-refractivity contribution in [2.45, 2.75) is 19.4 Å². The largest absolute Gasteiger partial charge is 0.451 e. The second-order valence-electron chi connectivity index (χ2n) is 5.96. The fraction of sp³-hybridized carbons (Fsp3) is 0.316. The van der Waals surface area contributed by atoms with E-state index in [1.165, 1.54) is 11.8 Å². The topological polar surface area (TPSA) is 75.7 Å². The van der Waals surface area contributed by atoms with Crippen molar-refractivity contribution in [2.75, 3.05) is 20.6 Å². The molecule has 2 aromatic rings. The van der Waals surface area contributed by atoms with E-state index in [1.54, 1.807) is 14.1 Å². The molecule has 0 bridgehead atoms. The molecule has 0 spiro atoms. The summed E-state index contributed by atoms with van der Waals surface area (Å²) in [6.07, 6.45) is -0.710. The Morgan fingerprint density at radius 1 is 1.08 bits per heavy atom. The molecule has 6 heteroatoms. The molecule has 1 atom stereocenters. The predicted molar refractivity (Wildman–Crippen MR) is 94.9 cm³/mol. The van der Waals surface area contributed by atoms with Crippen molar-refractivity contribution in [1.29, 1.82) is 0 Å². The van der Waals surface area contributed by atoms with Crippen LogP contribution in [-0.4, -0.2) is 49.4 Å². The molecule has 0 unspecified atom stereocenters. The van der Waals surface area contributed by atoms with Crippen LogP contribution in [0, 0.1) is 0 Å². The second-order valence-corrected chi connectivity index (χ2v) is 5.96. The lowest BCUT2D eigenvalue weighted by molar-refractivity contribution is -0.157. The number of carbonyl (C=O) groups excluding carboxylic acids is 3. The van der Waals surface area contributed by atoms with Crippen molar-refractivity contribution < 1.29 is 19.1 Å². The van der Waals surface area contributed by atoms with Crippen LogP contribution in [0.25, 0.3) is 10.8 Å². The van der Waals surface area contributed by atoms with Gasteiger partial charge in [-0.15, -0.1) is 0 Å². The van der Waals surface area contributed by atoms with E-state index in [2.05, 4.69) is 5.32 Å². The monoisotopic (exact) mass is 342 g/mol. The van der Waals surface area contributed by atoms with Crippen molar-refractivity contribution in [3.63, 3.8) is 0 Å². The van der Waals surface area contributed by atoms with Gasteiger partial charge in [0.2, 0.25) is 5.91 Å². The highest BCUT2D eigenvalue weighted by molar-refractivity contribution is 5.91. The van der Waals surface area contributed by atoms with Gasteiger partial charge in [-0.05, 0) is 23.3 Å². The number of nitrogens with one attached hydrogen (secondary N) is 1. The lowest BCUT2D eigenvalue weighted by atomic mass is 10.0. The van der Waals surface area contributed by atoms with Gasteiger partial charge in [0.1, 0.15) is 6.54 Å². The summed E-state index contributed by atoms with van der Waals surface area (Å²) < 4.78 is 5.00. The maximum Gasteiger partial charge on any atom is 0.326 e. The lowest BCUT2D eigenvalue weighted by Crippen LogP contribution is -2.38. The van der Waals surface area contributed by atoms with Crippen LogP contribution < -0.4 is 5.32 Å². The molecule has 0 aliphatic heterocycles. The zero-order chi connectivity index (χ0) is 18.4. The number of likely N-dealkylation sites (N-methyl/N-ethyl adjacent to an activating group) is 1. The molecule has 0 aliphatic rings. The first-order valence-corrected chi connectivity index (χ1v) is 8.02. The number of amides is 2. The first-order chi connectivity index (χ1) is 11.9. The third-order valence-corrected chi connectivity index (χ3v) is 3.76. The van der Waals surface area contributed by atoms with Gasteiger partial charge in [0.25, 0.3) is 5.91 Å². The number of ether oxygens (including phenoxy) is 1. The molecule has 2 rings (SSSR count). The minimum absolute atomic E-state index is 0.167. The molecule has 0 aliphatic carbocycles. The van der Waals surface area contributed by atoms with Gasteiger partial charge < -0.3 is 15.0 Å². The molecule has 0 radical (unpaired) electrons. The van der Waals surface area contributed by atoms with Gasteiger partial charge >= 0.3 is 5.97 Å². The molecule has 1 N–H and O–H groups in total. The summed E-state index contributed by atoms with van der Waals surface area (Å²) in [7, 11) is 3.16. The van der Waals surface area contributed by atoms with Gasteiger partial charge in [-0.25, -0.2) is 0 Å². The van der Waals surface area contributed by atoms with E-state index in [0.29, 0.717) is 0 Å². The van der Waals surface area contributed by atoms with Crippen LogP contribution in [0.3, 0.4) is 0 Å². The average Bonchev–Trinajstić information content (AvgIpc) is 2.59. The molecule has 0 saturated carbocycles. The SMILES string of the molecule is C[C@@H](OC(=O)CNC(=O)Cc1cccc2ccccc12)C(=O)N(C)C. The third-order valence-electron chi connectivity index (χ3n) is 3.76. The van der Waals surface area contributed by atoms with E-state index in [1.807, 2.05) is 42.5 Å². The van der Waals surface area contributed by atoms with Crippen LogP contribution in [-0.2, 0) is 25.5 Å². The number of esters is 1. The Labute approximate surface area is 146 Å². The van der Waals surface area contributed by atoms with Crippen LogP contribution in [0.15, 0.2) is 42.5 Å². The van der Waals surface area contributed by atoms with E-state index >= 15 is 0 Å². The van der Waals surface area contributed by atoms with E-state index in [4.69, 9.17) is 4.74 Å². The average molecular weight is 342 g/mol. The number of fused-ring (bicyclic) bond motifs is 1. The number of nitrogens with zero attached hydrogens (tertiary/aromatic N) is 1. The van der Waals surface area contributed by atoms with E-state index in [0.717, 1.165) is 16.3 Å². The molecule has 0 aromatic heterocycles. The fourth-order valence-corrected chi connectivity index (χ4v) is 2.51. The van der Waals surface area contributed by atoms with Crippen molar-refractivity contribution in [2.24, 2.45) is 0 Å². The molecular weight excluding hydrogens is 320 g/mol. The molecule has 0 heterocycles. The van der Waals surface area contributed by atoms with Gasteiger partial charge in [-0.3, -0.25) is 14.4 Å². The Morgan fingerprint density at radius 2 is 1.76 bits per heavy atom. The minimum atomic E-state index is -0.877. The van der Waals surface area contributed by atoms with Crippen LogP contribution in [0.2, 0.25) is 0 Å². The van der Waals surface area contributed by atoms with Gasteiger partial charge in [0, 0.05) is 14.1 Å². The number of rotatable bonds is 6. The first kappa shape index (κ1) is 18.4. The molecule has 0 saturated heterocycles. The zero-order valence-corrected chi connectivity index (χ0v) is 14.6. The maximum atomic E-state index is 12.1. The Bertz CT molecular complexity index is 781. The quantitative estimate of drug-likeness (QED) is 0.808. The molecule has 132 valence electrons. The van der Waals surface area contributed by atoms with Crippen molar-refractivity contribution >= 4 is 28.6 Å². The fourth-order valence-electron chi connectivity index (χ4n) is 2.51. The molecule has 0 fully saturated rings. The number of carbonyl (C=O) groups is 3. The first-order valence-electron chi connectivity index (χ1n) is 8.02. The molecule has 6 nitrogen and oxygen atoms in total. The number of hydrogen-bond acceptors (Lipinski definition) is 4. The molecule has 25 heavy (non-hydrogen) atoms. The number of benzene rings is 2. The Morgan fingerprint density at radius 3 is 2.48 bits per heavy atom. The second kappa shape index (κ2) is 8.28. The van der Waals surface area contributed by atoms with Crippen molar-refractivity contribution in [3.05, 3.63) is 48.0 Å². The summed E-state index contributed by atoms with van der Waals surface area (Å²) in [5.41, 5.74) is 0.889. The Hall–Kier alpha value is -2.89. The smallest absolute Gasteiger partial charge is 0.326 e. The van der Waals surface area contributed by atoms with Crippen molar-refractivity contribution in [3.8, 4) is 0 Å². The standard InChI is InChI=1S/C19H22N2O4/c1-13(19(24)21(2)3)25-18(23)12-20-17(22)11-15-9-6-8-14-7-4-5-10-16(14)15/h4-10,13H,11-12H2,1-3H3,(H,20,22)/t13-/m1/s1. The van der Waals surface area contributed by atoms with E-state index in [9.17, 15) is 14.4 Å². The Kier molecular flexibility index (Phi) is 6.11. The summed E-state index contributed by atoms with van der Waals surface area (Å²) in [4.78, 5) is 36.8. The highest BCUT2D eigenvalue weighted by Gasteiger charge is 2.19. The van der Waals surface area contributed by atoms with Crippen LogP contribution >= 0.6 is 0 Å².